The number of fused-ring (bicyclic) bond motifs is 1. The Kier molecular flexibility index (Phi) is 3.57. The van der Waals surface area contributed by atoms with Gasteiger partial charge in [0.05, 0.1) is 22.9 Å². The van der Waals surface area contributed by atoms with Crippen LogP contribution in [0.1, 0.15) is 6.42 Å². The fourth-order valence-corrected chi connectivity index (χ4v) is 1.79. The van der Waals surface area contributed by atoms with E-state index >= 15 is 0 Å². The Morgan fingerprint density at radius 3 is 3.00 bits per heavy atom. The van der Waals surface area contributed by atoms with Crippen molar-refractivity contribution >= 4 is 28.2 Å². The van der Waals surface area contributed by atoms with Gasteiger partial charge in [0.25, 0.3) is 0 Å². The molecule has 0 aliphatic heterocycles. The zero-order valence-electron chi connectivity index (χ0n) is 8.71. The number of alkyl halides is 1. The molecule has 84 valence electrons. The lowest BCUT2D eigenvalue weighted by atomic mass is 10.2. The zero-order valence-corrected chi connectivity index (χ0v) is 9.47. The summed E-state index contributed by atoms with van der Waals surface area (Å²) < 4.78 is 12.0. The van der Waals surface area contributed by atoms with Gasteiger partial charge in [0.2, 0.25) is 0 Å². The Hall–Kier alpha value is -1.35. The first kappa shape index (κ1) is 11.1. The maximum atomic E-state index is 12.0. The van der Waals surface area contributed by atoms with Crippen LogP contribution in [0.3, 0.4) is 0 Å². The maximum absolute atomic E-state index is 12.0. The highest BCUT2D eigenvalue weighted by Gasteiger charge is 2.04. The van der Waals surface area contributed by atoms with Crippen LogP contribution in [-0.4, -0.2) is 18.2 Å². The summed E-state index contributed by atoms with van der Waals surface area (Å²) in [6, 6.07) is 7.46. The number of rotatable bonds is 4. The molecule has 1 aromatic carbocycles. The minimum atomic E-state index is -0.314. The molecule has 0 saturated heterocycles. The molecular formula is C12H12ClFN2. The molecule has 0 saturated carbocycles. The summed E-state index contributed by atoms with van der Waals surface area (Å²) in [5, 5.41) is 4.75. The van der Waals surface area contributed by atoms with Gasteiger partial charge >= 0.3 is 0 Å². The van der Waals surface area contributed by atoms with Crippen LogP contribution in [-0.2, 0) is 0 Å². The molecule has 0 atom stereocenters. The number of halogens is 2. The van der Waals surface area contributed by atoms with Crippen LogP contribution in [0.15, 0.2) is 30.5 Å². The molecule has 2 nitrogen and oxygen atoms in total. The molecule has 2 aromatic rings. The van der Waals surface area contributed by atoms with Gasteiger partial charge in [0.1, 0.15) is 0 Å². The molecule has 0 aliphatic carbocycles. The molecule has 0 bridgehead atoms. The van der Waals surface area contributed by atoms with Gasteiger partial charge in [-0.25, -0.2) is 0 Å². The largest absolute Gasteiger partial charge is 0.383 e. The van der Waals surface area contributed by atoms with Gasteiger partial charge in [-0.1, -0.05) is 11.6 Å². The van der Waals surface area contributed by atoms with E-state index in [-0.39, 0.29) is 6.67 Å². The molecule has 0 unspecified atom stereocenters. The highest BCUT2D eigenvalue weighted by molar-refractivity contribution is 6.35. The van der Waals surface area contributed by atoms with Crippen molar-refractivity contribution < 1.29 is 4.39 Å². The van der Waals surface area contributed by atoms with Crippen LogP contribution >= 0.6 is 11.6 Å². The average Bonchev–Trinajstić information content (AvgIpc) is 2.33. The molecule has 2 rings (SSSR count). The molecule has 1 heterocycles. The highest BCUT2D eigenvalue weighted by atomic mass is 35.5. The third-order valence-corrected chi connectivity index (χ3v) is 2.67. The van der Waals surface area contributed by atoms with Gasteiger partial charge in [-0.2, -0.15) is 0 Å². The first-order valence-corrected chi connectivity index (χ1v) is 5.54. The SMILES string of the molecule is FCCCNc1ccc(Cl)c2cccnc12. The summed E-state index contributed by atoms with van der Waals surface area (Å²) in [6.45, 7) is 0.287. The third kappa shape index (κ3) is 2.25. The van der Waals surface area contributed by atoms with E-state index < -0.39 is 0 Å². The third-order valence-electron chi connectivity index (χ3n) is 2.34. The number of anilines is 1. The lowest BCUT2D eigenvalue weighted by Crippen LogP contribution is -2.03. The van der Waals surface area contributed by atoms with Crippen LogP contribution in [0.5, 0.6) is 0 Å². The molecule has 0 spiro atoms. The molecule has 0 fully saturated rings. The second kappa shape index (κ2) is 5.12. The fraction of sp³-hybridized carbons (Fsp3) is 0.250. The number of benzene rings is 1. The minimum Gasteiger partial charge on any atom is -0.383 e. The van der Waals surface area contributed by atoms with Crippen LogP contribution in [0, 0.1) is 0 Å². The minimum absolute atomic E-state index is 0.314. The van der Waals surface area contributed by atoms with E-state index in [0.717, 1.165) is 16.6 Å². The fourth-order valence-electron chi connectivity index (χ4n) is 1.57. The van der Waals surface area contributed by atoms with Crippen LogP contribution in [0.2, 0.25) is 5.02 Å². The summed E-state index contributed by atoms with van der Waals surface area (Å²) in [7, 11) is 0. The normalized spacial score (nSPS) is 10.6. The Balaban J connectivity index is 2.35. The number of hydrogen-bond acceptors (Lipinski definition) is 2. The quantitative estimate of drug-likeness (QED) is 0.823. The van der Waals surface area contributed by atoms with Crippen molar-refractivity contribution in [3.05, 3.63) is 35.5 Å². The summed E-state index contributed by atoms with van der Waals surface area (Å²) in [4.78, 5) is 4.28. The molecule has 1 aromatic heterocycles. The Morgan fingerprint density at radius 1 is 1.31 bits per heavy atom. The zero-order chi connectivity index (χ0) is 11.4. The monoisotopic (exact) mass is 238 g/mol. The van der Waals surface area contributed by atoms with Gasteiger partial charge in [0, 0.05) is 18.1 Å². The van der Waals surface area contributed by atoms with Crippen LogP contribution in [0.4, 0.5) is 10.1 Å². The van der Waals surface area contributed by atoms with E-state index in [9.17, 15) is 4.39 Å². The Morgan fingerprint density at radius 2 is 2.19 bits per heavy atom. The smallest absolute Gasteiger partial charge is 0.0948 e. The lowest BCUT2D eigenvalue weighted by molar-refractivity contribution is 0.481. The molecule has 4 heteroatoms. The van der Waals surface area contributed by atoms with Crippen LogP contribution < -0.4 is 5.32 Å². The van der Waals surface area contributed by atoms with Crippen molar-refractivity contribution in [1.29, 1.82) is 0 Å². The van der Waals surface area contributed by atoms with E-state index in [2.05, 4.69) is 10.3 Å². The standard InChI is InChI=1S/C12H12ClFN2/c13-10-4-5-11(15-8-2-6-14)12-9(10)3-1-7-16-12/h1,3-5,7,15H,2,6,8H2. The first-order valence-electron chi connectivity index (χ1n) is 5.16. The average molecular weight is 239 g/mol. The van der Waals surface area contributed by atoms with Gasteiger partial charge in [-0.15, -0.1) is 0 Å². The Labute approximate surface area is 98.4 Å². The van der Waals surface area contributed by atoms with Crippen LogP contribution in [0.25, 0.3) is 10.9 Å². The number of nitrogens with one attached hydrogen (secondary N) is 1. The summed E-state index contributed by atoms with van der Waals surface area (Å²) in [6.07, 6.45) is 2.22. The lowest BCUT2D eigenvalue weighted by Gasteiger charge is -2.08. The highest BCUT2D eigenvalue weighted by Crippen LogP contribution is 2.27. The summed E-state index contributed by atoms with van der Waals surface area (Å²) >= 11 is 6.06. The Bertz CT molecular complexity index is 487. The van der Waals surface area contributed by atoms with E-state index in [1.54, 1.807) is 6.20 Å². The summed E-state index contributed by atoms with van der Waals surface area (Å²) in [5.41, 5.74) is 1.72. The van der Waals surface area contributed by atoms with Crippen molar-refractivity contribution in [2.24, 2.45) is 0 Å². The molecule has 0 radical (unpaired) electrons. The van der Waals surface area contributed by atoms with E-state index in [4.69, 9.17) is 11.6 Å². The molecule has 0 amide bonds. The number of pyridine rings is 1. The molecule has 0 aliphatic rings. The maximum Gasteiger partial charge on any atom is 0.0948 e. The topological polar surface area (TPSA) is 24.9 Å². The second-order valence-electron chi connectivity index (χ2n) is 3.46. The predicted molar refractivity (Wildman–Crippen MR) is 65.8 cm³/mol. The van der Waals surface area contributed by atoms with Gasteiger partial charge in [0.15, 0.2) is 0 Å². The van der Waals surface area contributed by atoms with Crippen molar-refractivity contribution in [3.63, 3.8) is 0 Å². The van der Waals surface area contributed by atoms with Crippen molar-refractivity contribution in [2.75, 3.05) is 18.5 Å². The summed E-state index contributed by atoms with van der Waals surface area (Å²) in [5.74, 6) is 0. The number of hydrogen-bond donors (Lipinski definition) is 1. The van der Waals surface area contributed by atoms with Crippen molar-refractivity contribution in [2.45, 2.75) is 6.42 Å². The van der Waals surface area contributed by atoms with Crippen molar-refractivity contribution in [3.8, 4) is 0 Å². The number of aromatic nitrogens is 1. The van der Waals surface area contributed by atoms with E-state index in [1.165, 1.54) is 0 Å². The van der Waals surface area contributed by atoms with Gasteiger partial charge < -0.3 is 5.32 Å². The second-order valence-corrected chi connectivity index (χ2v) is 3.87. The first-order chi connectivity index (χ1) is 7.83. The molecule has 16 heavy (non-hydrogen) atoms. The molecular weight excluding hydrogens is 227 g/mol. The van der Waals surface area contributed by atoms with Gasteiger partial charge in [-0.3, -0.25) is 9.37 Å². The van der Waals surface area contributed by atoms with Crippen molar-refractivity contribution in [1.82, 2.24) is 4.98 Å². The van der Waals surface area contributed by atoms with Gasteiger partial charge in [-0.05, 0) is 30.7 Å². The number of nitrogens with zero attached hydrogens (tertiary/aromatic N) is 1. The van der Waals surface area contributed by atoms with E-state index in [1.807, 2.05) is 24.3 Å². The van der Waals surface area contributed by atoms with E-state index in [0.29, 0.717) is 18.0 Å². The molecule has 1 N–H and O–H groups in total. The predicted octanol–water partition coefficient (Wildman–Crippen LogP) is 3.66.